The minimum atomic E-state index is -4.87. The van der Waals surface area contributed by atoms with E-state index in [-0.39, 0.29) is 16.4 Å². The van der Waals surface area contributed by atoms with Crippen LogP contribution < -0.4 is 15.5 Å². The van der Waals surface area contributed by atoms with Gasteiger partial charge in [0.05, 0.1) is 16.7 Å². The lowest BCUT2D eigenvalue weighted by Crippen LogP contribution is -2.44. The Balaban J connectivity index is 2.12. The number of nitrogens with two attached hydrogens (primary N) is 1. The zero-order valence-corrected chi connectivity index (χ0v) is 16.8. The first kappa shape index (κ1) is 22.1. The second-order valence-corrected chi connectivity index (χ2v) is 7.41. The van der Waals surface area contributed by atoms with Gasteiger partial charge in [0.1, 0.15) is 23.2 Å². The summed E-state index contributed by atoms with van der Waals surface area (Å²) < 4.78 is 54.3. The third-order valence-electron chi connectivity index (χ3n) is 4.69. The van der Waals surface area contributed by atoms with Crippen LogP contribution in [0.2, 0.25) is 0 Å². The number of carbonyl (C=O) groups is 2. The Morgan fingerprint density at radius 2 is 1.94 bits per heavy atom. The number of aromatic nitrogens is 1. The zero-order valence-electron chi connectivity index (χ0n) is 16.0. The summed E-state index contributed by atoms with van der Waals surface area (Å²) in [5.74, 6) is -3.11. The van der Waals surface area contributed by atoms with E-state index in [0.29, 0.717) is 12.3 Å². The number of amides is 2. The Labute approximate surface area is 178 Å². The van der Waals surface area contributed by atoms with Gasteiger partial charge >= 0.3 is 6.18 Å². The molecule has 1 fully saturated rings. The highest BCUT2D eigenvalue weighted by Crippen LogP contribution is 2.38. The summed E-state index contributed by atoms with van der Waals surface area (Å²) in [6, 6.07) is 5.32. The minimum absolute atomic E-state index is 0.0815. The largest absolute Gasteiger partial charge is 0.417 e. The summed E-state index contributed by atoms with van der Waals surface area (Å²) in [5.41, 5.74) is 1.38. The molecule has 2 heterocycles. The molecule has 1 aliphatic heterocycles. The van der Waals surface area contributed by atoms with Gasteiger partial charge in [-0.1, -0.05) is 0 Å². The fourth-order valence-electron chi connectivity index (χ4n) is 3.16. The number of hydrogen-bond acceptors (Lipinski definition) is 5. The van der Waals surface area contributed by atoms with Crippen LogP contribution in [0, 0.1) is 17.1 Å². The van der Waals surface area contributed by atoms with Crippen molar-refractivity contribution in [2.75, 3.05) is 9.80 Å². The van der Waals surface area contributed by atoms with E-state index in [2.05, 4.69) is 4.98 Å². The van der Waals surface area contributed by atoms with Crippen LogP contribution in [-0.2, 0) is 11.0 Å². The molecule has 0 bridgehead atoms. The van der Waals surface area contributed by atoms with Gasteiger partial charge in [-0.25, -0.2) is 14.3 Å². The Kier molecular flexibility index (Phi) is 5.19. The van der Waals surface area contributed by atoms with Crippen LogP contribution in [0.25, 0.3) is 0 Å². The first-order valence-electron chi connectivity index (χ1n) is 8.56. The molecular formula is C19H13F4N5O2S. The van der Waals surface area contributed by atoms with Gasteiger partial charge in [0.2, 0.25) is 0 Å². The van der Waals surface area contributed by atoms with E-state index in [1.807, 2.05) is 0 Å². The standard InChI is InChI=1S/C19H13F4N5O2S/c1-18(2)16(30)27(14-6-12(19(21,22)23)9(7-24)8-26-14)17(31)28(18)10-3-4-11(15(25)29)13(20)5-10/h3-6,8H,1-2H3,(H2,25,29). The fourth-order valence-corrected chi connectivity index (χ4v) is 3.67. The van der Waals surface area contributed by atoms with Crippen molar-refractivity contribution >= 4 is 40.6 Å². The fraction of sp³-hybridized carbons (Fsp3) is 0.211. The molecule has 12 heteroatoms. The maximum absolute atomic E-state index is 14.3. The number of hydrogen-bond donors (Lipinski definition) is 1. The maximum Gasteiger partial charge on any atom is 0.417 e. The van der Waals surface area contributed by atoms with Crippen molar-refractivity contribution in [1.82, 2.24) is 4.98 Å². The molecule has 0 atom stereocenters. The molecule has 0 aliphatic carbocycles. The Morgan fingerprint density at radius 3 is 2.45 bits per heavy atom. The lowest BCUT2D eigenvalue weighted by molar-refractivity contribution is -0.137. The topological polar surface area (TPSA) is 103 Å². The lowest BCUT2D eigenvalue weighted by atomic mass is 10.0. The minimum Gasteiger partial charge on any atom is -0.366 e. The van der Waals surface area contributed by atoms with E-state index in [1.54, 1.807) is 0 Å². The van der Waals surface area contributed by atoms with Crippen molar-refractivity contribution in [2.24, 2.45) is 5.73 Å². The second kappa shape index (κ2) is 7.28. The summed E-state index contributed by atoms with van der Waals surface area (Å²) >= 11 is 5.31. The predicted octanol–water partition coefficient (Wildman–Crippen LogP) is 3.13. The summed E-state index contributed by atoms with van der Waals surface area (Å²) in [4.78, 5) is 30.1. The van der Waals surface area contributed by atoms with E-state index < -0.39 is 46.3 Å². The molecule has 31 heavy (non-hydrogen) atoms. The normalized spacial score (nSPS) is 15.9. The number of benzene rings is 1. The third kappa shape index (κ3) is 3.57. The molecule has 0 saturated carbocycles. The average molecular weight is 451 g/mol. The Morgan fingerprint density at radius 1 is 1.29 bits per heavy atom. The van der Waals surface area contributed by atoms with Crippen LogP contribution in [0.1, 0.15) is 35.3 Å². The molecule has 1 aromatic heterocycles. The molecule has 160 valence electrons. The highest BCUT2D eigenvalue weighted by molar-refractivity contribution is 7.81. The molecule has 1 aromatic carbocycles. The van der Waals surface area contributed by atoms with Gasteiger partial charge in [0, 0.05) is 11.9 Å². The number of alkyl halides is 3. The molecule has 7 nitrogen and oxygen atoms in total. The van der Waals surface area contributed by atoms with Crippen molar-refractivity contribution in [1.29, 1.82) is 5.26 Å². The number of anilines is 2. The SMILES string of the molecule is CC1(C)C(=O)N(c2cc(C(F)(F)F)c(C#N)cn2)C(=S)N1c1ccc(C(N)=O)c(F)c1. The van der Waals surface area contributed by atoms with Crippen molar-refractivity contribution < 1.29 is 27.2 Å². The summed E-state index contributed by atoms with van der Waals surface area (Å²) in [6.07, 6.45) is -4.17. The van der Waals surface area contributed by atoms with Crippen molar-refractivity contribution in [3.63, 3.8) is 0 Å². The van der Waals surface area contributed by atoms with Crippen LogP contribution in [0.5, 0.6) is 0 Å². The number of nitrogens with zero attached hydrogens (tertiary/aromatic N) is 4. The lowest BCUT2D eigenvalue weighted by Gasteiger charge is -2.29. The third-order valence-corrected chi connectivity index (χ3v) is 5.05. The second-order valence-electron chi connectivity index (χ2n) is 7.04. The number of carbonyl (C=O) groups excluding carboxylic acids is 2. The monoisotopic (exact) mass is 451 g/mol. The van der Waals surface area contributed by atoms with E-state index >= 15 is 0 Å². The van der Waals surface area contributed by atoms with Gasteiger partial charge in [0.15, 0.2) is 5.11 Å². The van der Waals surface area contributed by atoms with Gasteiger partial charge in [0.25, 0.3) is 11.8 Å². The van der Waals surface area contributed by atoms with Crippen molar-refractivity contribution in [2.45, 2.75) is 25.6 Å². The number of primary amides is 1. The van der Waals surface area contributed by atoms with Crippen LogP contribution in [0.15, 0.2) is 30.5 Å². The molecule has 0 unspecified atom stereocenters. The van der Waals surface area contributed by atoms with E-state index in [9.17, 15) is 27.2 Å². The van der Waals surface area contributed by atoms with E-state index in [0.717, 1.165) is 17.0 Å². The molecule has 0 spiro atoms. The van der Waals surface area contributed by atoms with Gasteiger partial charge in [-0.3, -0.25) is 9.59 Å². The number of thiocarbonyl (C=S) groups is 1. The first-order chi connectivity index (χ1) is 14.3. The summed E-state index contributed by atoms with van der Waals surface area (Å²) in [7, 11) is 0. The number of pyridine rings is 1. The summed E-state index contributed by atoms with van der Waals surface area (Å²) in [6.45, 7) is 2.88. The molecular weight excluding hydrogens is 438 g/mol. The molecule has 2 aromatic rings. The van der Waals surface area contributed by atoms with Gasteiger partial charge in [-0.05, 0) is 50.3 Å². The van der Waals surface area contributed by atoms with E-state index in [4.69, 9.17) is 23.2 Å². The van der Waals surface area contributed by atoms with Crippen LogP contribution >= 0.6 is 12.2 Å². The molecule has 1 aliphatic rings. The zero-order chi connectivity index (χ0) is 23.3. The summed E-state index contributed by atoms with van der Waals surface area (Å²) in [5, 5.41) is 8.67. The van der Waals surface area contributed by atoms with E-state index in [1.165, 1.54) is 30.9 Å². The Bertz CT molecular complexity index is 1170. The molecule has 2 amide bonds. The van der Waals surface area contributed by atoms with Crippen molar-refractivity contribution in [3.8, 4) is 6.07 Å². The van der Waals surface area contributed by atoms with Gasteiger partial charge in [-0.15, -0.1) is 0 Å². The van der Waals surface area contributed by atoms with Crippen LogP contribution in [-0.4, -0.2) is 27.4 Å². The average Bonchev–Trinajstić information content (AvgIpc) is 2.84. The highest BCUT2D eigenvalue weighted by Gasteiger charge is 2.51. The van der Waals surface area contributed by atoms with Gasteiger partial charge in [-0.2, -0.15) is 18.4 Å². The first-order valence-corrected chi connectivity index (χ1v) is 8.97. The molecule has 0 radical (unpaired) electrons. The predicted molar refractivity (Wildman–Crippen MR) is 106 cm³/mol. The van der Waals surface area contributed by atoms with Crippen molar-refractivity contribution in [3.05, 3.63) is 53.0 Å². The van der Waals surface area contributed by atoms with Crippen LogP contribution in [0.3, 0.4) is 0 Å². The molecule has 2 N–H and O–H groups in total. The number of rotatable bonds is 3. The Hall–Kier alpha value is -3.59. The highest BCUT2D eigenvalue weighted by atomic mass is 32.1. The quantitative estimate of drug-likeness (QED) is 0.568. The van der Waals surface area contributed by atoms with Crippen LogP contribution in [0.4, 0.5) is 29.1 Å². The number of halogens is 4. The van der Waals surface area contributed by atoms with Gasteiger partial charge < -0.3 is 10.6 Å². The maximum atomic E-state index is 14.3. The number of nitriles is 1. The smallest absolute Gasteiger partial charge is 0.366 e. The molecule has 1 saturated heterocycles. The molecule has 3 rings (SSSR count).